The molecule has 0 saturated heterocycles. The Hall–Kier alpha value is -1.57. The van der Waals surface area contributed by atoms with Gasteiger partial charge in [-0.05, 0) is 19.2 Å². The Labute approximate surface area is 140 Å². The van der Waals surface area contributed by atoms with E-state index in [1.54, 1.807) is 25.1 Å². The molecule has 0 unspecified atom stereocenters. The molecule has 1 N–H and O–H groups in total. The van der Waals surface area contributed by atoms with Crippen molar-refractivity contribution in [2.75, 3.05) is 14.2 Å². The second-order valence-electron chi connectivity index (χ2n) is 4.27. The Balaban J connectivity index is 0.00000242. The lowest BCUT2D eigenvalue weighted by Gasteiger charge is -2.08. The van der Waals surface area contributed by atoms with Crippen LogP contribution < -0.4 is 10.1 Å². The predicted octanol–water partition coefficient (Wildman–Crippen LogP) is 2.30. The fraction of sp³-hybridized carbons (Fsp3) is 0.357. The summed E-state index contributed by atoms with van der Waals surface area (Å²) in [5.74, 6) is 2.36. The smallest absolute Gasteiger partial charge is 0.191 e. The Bertz CT molecular complexity index is 605. The second-order valence-corrected chi connectivity index (χ2v) is 5.21. The largest absolute Gasteiger partial charge is 0.495 e. The molecule has 0 saturated carbocycles. The first kappa shape index (κ1) is 18.5. The van der Waals surface area contributed by atoms with E-state index in [1.807, 2.05) is 29.8 Å². The van der Waals surface area contributed by atoms with Crippen LogP contribution >= 0.6 is 24.2 Å². The van der Waals surface area contributed by atoms with Gasteiger partial charge in [0.05, 0.1) is 19.3 Å². The SMILES string of the molecule is C=CCn1c(CNC)nnc1SCc1ncccc1OC.Cl. The minimum Gasteiger partial charge on any atom is -0.495 e. The molecule has 0 radical (unpaired) electrons. The summed E-state index contributed by atoms with van der Waals surface area (Å²) in [5.41, 5.74) is 0.897. The van der Waals surface area contributed by atoms with Gasteiger partial charge in [0.1, 0.15) is 11.6 Å². The number of nitrogens with zero attached hydrogens (tertiary/aromatic N) is 4. The van der Waals surface area contributed by atoms with E-state index in [9.17, 15) is 0 Å². The van der Waals surface area contributed by atoms with Gasteiger partial charge in [-0.15, -0.1) is 29.2 Å². The van der Waals surface area contributed by atoms with Crippen molar-refractivity contribution in [3.63, 3.8) is 0 Å². The number of halogens is 1. The zero-order valence-electron chi connectivity index (χ0n) is 12.7. The lowest BCUT2D eigenvalue weighted by atomic mass is 10.3. The van der Waals surface area contributed by atoms with Crippen LogP contribution in [0.15, 0.2) is 36.1 Å². The topological polar surface area (TPSA) is 64.9 Å². The van der Waals surface area contributed by atoms with Crippen LogP contribution in [-0.2, 0) is 18.8 Å². The molecule has 2 aromatic heterocycles. The third kappa shape index (κ3) is 4.46. The summed E-state index contributed by atoms with van der Waals surface area (Å²) >= 11 is 1.59. The van der Waals surface area contributed by atoms with Crippen LogP contribution in [-0.4, -0.2) is 33.9 Å². The van der Waals surface area contributed by atoms with Crippen molar-refractivity contribution < 1.29 is 4.74 Å². The van der Waals surface area contributed by atoms with Crippen molar-refractivity contribution in [2.45, 2.75) is 24.0 Å². The molecule has 0 aromatic carbocycles. The Morgan fingerprint density at radius 3 is 2.95 bits per heavy atom. The van der Waals surface area contributed by atoms with Gasteiger partial charge in [-0.1, -0.05) is 17.8 Å². The minimum absolute atomic E-state index is 0. The number of thioether (sulfide) groups is 1. The van der Waals surface area contributed by atoms with E-state index in [0.29, 0.717) is 18.8 Å². The number of aromatic nitrogens is 4. The third-order valence-electron chi connectivity index (χ3n) is 2.85. The van der Waals surface area contributed by atoms with Crippen molar-refractivity contribution in [3.05, 3.63) is 42.5 Å². The van der Waals surface area contributed by atoms with Gasteiger partial charge in [-0.25, -0.2) is 0 Å². The van der Waals surface area contributed by atoms with E-state index >= 15 is 0 Å². The van der Waals surface area contributed by atoms with Crippen molar-refractivity contribution in [3.8, 4) is 5.75 Å². The highest BCUT2D eigenvalue weighted by Crippen LogP contribution is 2.25. The van der Waals surface area contributed by atoms with E-state index in [1.165, 1.54) is 0 Å². The Kier molecular flexibility index (Phi) is 7.94. The number of ether oxygens (including phenoxy) is 1. The maximum atomic E-state index is 5.31. The van der Waals surface area contributed by atoms with Crippen LogP contribution in [0.2, 0.25) is 0 Å². The first-order valence-corrected chi connectivity index (χ1v) is 7.57. The highest BCUT2D eigenvalue weighted by Gasteiger charge is 2.12. The third-order valence-corrected chi connectivity index (χ3v) is 3.82. The summed E-state index contributed by atoms with van der Waals surface area (Å²) in [5, 5.41) is 12.4. The standard InChI is InChI=1S/C14H19N5OS.ClH/c1-4-8-19-13(9-15-2)17-18-14(19)21-10-11-12(20-3)6-5-7-16-11;/h4-7,15H,1,8-10H2,2-3H3;1H. The highest BCUT2D eigenvalue weighted by molar-refractivity contribution is 7.98. The maximum absolute atomic E-state index is 5.31. The Morgan fingerprint density at radius 2 is 2.27 bits per heavy atom. The molecule has 6 nitrogen and oxygen atoms in total. The minimum atomic E-state index is 0. The molecule has 2 heterocycles. The van der Waals surface area contributed by atoms with Gasteiger partial charge < -0.3 is 14.6 Å². The molecule has 0 fully saturated rings. The van der Waals surface area contributed by atoms with Crippen molar-refractivity contribution in [1.82, 2.24) is 25.1 Å². The van der Waals surface area contributed by atoms with E-state index in [0.717, 1.165) is 22.4 Å². The number of hydrogen-bond donors (Lipinski definition) is 1. The van der Waals surface area contributed by atoms with Gasteiger partial charge in [0.25, 0.3) is 0 Å². The lowest BCUT2D eigenvalue weighted by Crippen LogP contribution is -2.12. The van der Waals surface area contributed by atoms with Gasteiger partial charge in [0.2, 0.25) is 0 Å². The van der Waals surface area contributed by atoms with Crippen molar-refractivity contribution in [2.24, 2.45) is 0 Å². The van der Waals surface area contributed by atoms with E-state index in [2.05, 4.69) is 27.1 Å². The monoisotopic (exact) mass is 341 g/mol. The summed E-state index contributed by atoms with van der Waals surface area (Å²) in [7, 11) is 3.54. The van der Waals surface area contributed by atoms with Crippen LogP contribution in [0.1, 0.15) is 11.5 Å². The number of allylic oxidation sites excluding steroid dienone is 1. The summed E-state index contributed by atoms with van der Waals surface area (Å²) in [6.07, 6.45) is 3.60. The number of pyridine rings is 1. The number of rotatable bonds is 8. The molecular formula is C14H20ClN5OS. The molecular weight excluding hydrogens is 322 g/mol. The lowest BCUT2D eigenvalue weighted by molar-refractivity contribution is 0.409. The molecule has 0 spiro atoms. The quantitative estimate of drug-likeness (QED) is 0.587. The molecule has 0 atom stereocenters. The summed E-state index contributed by atoms with van der Waals surface area (Å²) < 4.78 is 7.36. The zero-order chi connectivity index (χ0) is 15.1. The van der Waals surface area contributed by atoms with Gasteiger partial charge in [0.15, 0.2) is 5.16 Å². The van der Waals surface area contributed by atoms with Crippen LogP contribution in [0.4, 0.5) is 0 Å². The summed E-state index contributed by atoms with van der Waals surface area (Å²) in [4.78, 5) is 4.35. The average molecular weight is 342 g/mol. The fourth-order valence-electron chi connectivity index (χ4n) is 1.88. The molecule has 120 valence electrons. The molecule has 2 aromatic rings. The molecule has 0 aliphatic heterocycles. The van der Waals surface area contributed by atoms with Crippen LogP contribution in [0.25, 0.3) is 0 Å². The average Bonchev–Trinajstić information content (AvgIpc) is 2.89. The molecule has 0 aliphatic rings. The molecule has 0 bridgehead atoms. The molecule has 0 aliphatic carbocycles. The first-order valence-electron chi connectivity index (χ1n) is 6.58. The number of hydrogen-bond acceptors (Lipinski definition) is 6. The molecule has 8 heteroatoms. The molecule has 22 heavy (non-hydrogen) atoms. The van der Waals surface area contributed by atoms with Crippen molar-refractivity contribution in [1.29, 1.82) is 0 Å². The van der Waals surface area contributed by atoms with Gasteiger partial charge in [-0.3, -0.25) is 4.98 Å². The summed E-state index contributed by atoms with van der Waals surface area (Å²) in [6, 6.07) is 3.77. The van der Waals surface area contributed by atoms with Gasteiger partial charge in [0, 0.05) is 18.5 Å². The fourth-order valence-corrected chi connectivity index (χ4v) is 2.79. The molecule has 2 rings (SSSR count). The van der Waals surface area contributed by atoms with Crippen LogP contribution in [0, 0.1) is 0 Å². The van der Waals surface area contributed by atoms with Crippen LogP contribution in [0.5, 0.6) is 5.75 Å². The highest BCUT2D eigenvalue weighted by atomic mass is 35.5. The van der Waals surface area contributed by atoms with E-state index < -0.39 is 0 Å². The molecule has 0 amide bonds. The van der Waals surface area contributed by atoms with Crippen LogP contribution in [0.3, 0.4) is 0 Å². The van der Waals surface area contributed by atoms with Gasteiger partial charge in [-0.2, -0.15) is 0 Å². The number of methoxy groups -OCH3 is 1. The second kappa shape index (κ2) is 9.45. The van der Waals surface area contributed by atoms with Crippen molar-refractivity contribution >= 4 is 24.2 Å². The first-order chi connectivity index (χ1) is 10.3. The summed E-state index contributed by atoms with van der Waals surface area (Å²) in [6.45, 7) is 5.15. The van der Waals surface area contributed by atoms with E-state index in [-0.39, 0.29) is 12.4 Å². The Morgan fingerprint density at radius 1 is 1.45 bits per heavy atom. The van der Waals surface area contributed by atoms with E-state index in [4.69, 9.17) is 4.74 Å². The maximum Gasteiger partial charge on any atom is 0.191 e. The zero-order valence-corrected chi connectivity index (χ0v) is 14.3. The predicted molar refractivity (Wildman–Crippen MR) is 90.6 cm³/mol. The van der Waals surface area contributed by atoms with Gasteiger partial charge >= 0.3 is 0 Å². The normalized spacial score (nSPS) is 10.1. The number of nitrogens with one attached hydrogen (secondary N) is 1.